The summed E-state index contributed by atoms with van der Waals surface area (Å²) in [6.07, 6.45) is 4.27. The molecule has 0 spiro atoms. The third-order valence-corrected chi connectivity index (χ3v) is 4.86. The molecule has 0 bridgehead atoms. The van der Waals surface area contributed by atoms with Gasteiger partial charge in [0.2, 0.25) is 0 Å². The molecule has 0 heterocycles. The molecule has 0 aliphatic heterocycles. The van der Waals surface area contributed by atoms with Crippen LogP contribution in [0.5, 0.6) is 0 Å². The summed E-state index contributed by atoms with van der Waals surface area (Å²) in [5.41, 5.74) is 9.71. The Morgan fingerprint density at radius 3 is 2.62 bits per heavy atom. The quantitative estimate of drug-likeness (QED) is 0.853. The van der Waals surface area contributed by atoms with Crippen molar-refractivity contribution in [1.82, 2.24) is 0 Å². The third kappa shape index (κ3) is 2.60. The Morgan fingerprint density at radius 1 is 1.10 bits per heavy atom. The van der Waals surface area contributed by atoms with Gasteiger partial charge < -0.3 is 5.73 Å². The van der Waals surface area contributed by atoms with E-state index < -0.39 is 5.54 Å². The van der Waals surface area contributed by atoms with Gasteiger partial charge in [-0.15, -0.1) is 0 Å². The van der Waals surface area contributed by atoms with Gasteiger partial charge in [0.1, 0.15) is 5.82 Å². The van der Waals surface area contributed by atoms with Gasteiger partial charge >= 0.3 is 0 Å². The van der Waals surface area contributed by atoms with E-state index in [9.17, 15) is 4.39 Å². The fourth-order valence-corrected chi connectivity index (χ4v) is 3.77. The van der Waals surface area contributed by atoms with Crippen molar-refractivity contribution in [2.24, 2.45) is 5.73 Å². The second-order valence-electron chi connectivity index (χ2n) is 6.21. The molecule has 2 atom stereocenters. The Hall–Kier alpha value is -1.67. The van der Waals surface area contributed by atoms with E-state index in [1.54, 1.807) is 6.07 Å². The average Bonchev–Trinajstić information content (AvgIpc) is 2.51. The molecule has 0 saturated heterocycles. The predicted octanol–water partition coefficient (Wildman–Crippen LogP) is 4.65. The summed E-state index contributed by atoms with van der Waals surface area (Å²) in [7, 11) is 0. The van der Waals surface area contributed by atoms with Crippen molar-refractivity contribution >= 4 is 0 Å². The first-order chi connectivity index (χ1) is 10.1. The molecule has 2 aromatic carbocycles. The smallest absolute Gasteiger partial charge is 0.123 e. The maximum Gasteiger partial charge on any atom is 0.123 e. The lowest BCUT2D eigenvalue weighted by molar-refractivity contribution is 0.253. The first kappa shape index (κ1) is 14.3. The minimum Gasteiger partial charge on any atom is -0.321 e. The van der Waals surface area contributed by atoms with Gasteiger partial charge in [0, 0.05) is 11.5 Å². The fourth-order valence-electron chi connectivity index (χ4n) is 3.77. The zero-order valence-corrected chi connectivity index (χ0v) is 12.5. The molecule has 0 amide bonds. The van der Waals surface area contributed by atoms with Crippen molar-refractivity contribution in [3.05, 3.63) is 71.0 Å². The predicted molar refractivity (Wildman–Crippen MR) is 84.7 cm³/mol. The zero-order valence-electron chi connectivity index (χ0n) is 12.5. The van der Waals surface area contributed by atoms with Crippen LogP contribution in [0.25, 0.3) is 0 Å². The summed E-state index contributed by atoms with van der Waals surface area (Å²) in [6.45, 7) is 2.03. The van der Waals surface area contributed by atoms with Crippen molar-refractivity contribution in [3.63, 3.8) is 0 Å². The normalized spacial score (nSPS) is 25.8. The fraction of sp³-hybridized carbons (Fsp3) is 0.368. The van der Waals surface area contributed by atoms with E-state index in [0.717, 1.165) is 30.4 Å². The van der Waals surface area contributed by atoms with Crippen LogP contribution in [0, 0.1) is 12.7 Å². The molecule has 0 aromatic heterocycles. The third-order valence-electron chi connectivity index (χ3n) is 4.86. The molecule has 0 radical (unpaired) electrons. The van der Waals surface area contributed by atoms with Crippen molar-refractivity contribution in [2.45, 2.75) is 44.1 Å². The number of nitrogens with two attached hydrogens (primary N) is 1. The van der Waals surface area contributed by atoms with Gasteiger partial charge in [0.05, 0.1) is 0 Å². The summed E-state index contributed by atoms with van der Waals surface area (Å²) < 4.78 is 13.7. The molecule has 2 aromatic rings. The summed E-state index contributed by atoms with van der Waals surface area (Å²) >= 11 is 0. The molecule has 1 fully saturated rings. The number of halogens is 1. The van der Waals surface area contributed by atoms with Gasteiger partial charge in [-0.1, -0.05) is 49.2 Å². The second kappa shape index (κ2) is 5.61. The summed E-state index contributed by atoms with van der Waals surface area (Å²) in [5.74, 6) is 0.0609. The standard InChI is InChI=1S/C19H22FN/c1-14-10-11-16(20)13-18(14)19(21)12-6-5-9-17(19)15-7-3-2-4-8-15/h2-4,7-8,10-11,13,17H,5-6,9,12,21H2,1H3. The summed E-state index contributed by atoms with van der Waals surface area (Å²) in [6, 6.07) is 15.4. The Bertz CT molecular complexity index is 623. The van der Waals surface area contributed by atoms with Crippen molar-refractivity contribution in [2.75, 3.05) is 0 Å². The summed E-state index contributed by atoms with van der Waals surface area (Å²) in [4.78, 5) is 0. The van der Waals surface area contributed by atoms with Crippen LogP contribution in [-0.2, 0) is 5.54 Å². The Morgan fingerprint density at radius 2 is 1.86 bits per heavy atom. The van der Waals surface area contributed by atoms with E-state index in [1.165, 1.54) is 18.1 Å². The lowest BCUT2D eigenvalue weighted by Gasteiger charge is -2.43. The minimum absolute atomic E-state index is 0.196. The zero-order chi connectivity index (χ0) is 14.9. The highest BCUT2D eigenvalue weighted by molar-refractivity contribution is 5.38. The molecule has 2 N–H and O–H groups in total. The molecule has 3 rings (SSSR count). The first-order valence-corrected chi connectivity index (χ1v) is 7.72. The Balaban J connectivity index is 2.09. The van der Waals surface area contributed by atoms with Crippen molar-refractivity contribution < 1.29 is 4.39 Å². The molecule has 1 saturated carbocycles. The number of rotatable bonds is 2. The maximum atomic E-state index is 13.7. The lowest BCUT2D eigenvalue weighted by Crippen LogP contribution is -2.45. The SMILES string of the molecule is Cc1ccc(F)cc1C1(N)CCCCC1c1ccccc1. The van der Waals surface area contributed by atoms with Crippen LogP contribution in [0.3, 0.4) is 0 Å². The topological polar surface area (TPSA) is 26.0 Å². The monoisotopic (exact) mass is 283 g/mol. The largest absolute Gasteiger partial charge is 0.321 e. The van der Waals surface area contributed by atoms with E-state index >= 15 is 0 Å². The molecule has 2 unspecified atom stereocenters. The molecule has 2 heteroatoms. The van der Waals surface area contributed by atoms with E-state index in [0.29, 0.717) is 0 Å². The van der Waals surface area contributed by atoms with Crippen LogP contribution >= 0.6 is 0 Å². The highest BCUT2D eigenvalue weighted by atomic mass is 19.1. The van der Waals surface area contributed by atoms with Crippen molar-refractivity contribution in [1.29, 1.82) is 0 Å². The van der Waals surface area contributed by atoms with Crippen LogP contribution in [0.15, 0.2) is 48.5 Å². The van der Waals surface area contributed by atoms with Crippen molar-refractivity contribution in [3.8, 4) is 0 Å². The number of hydrogen-bond donors (Lipinski definition) is 1. The molecule has 110 valence electrons. The molecule has 21 heavy (non-hydrogen) atoms. The van der Waals surface area contributed by atoms with E-state index in [4.69, 9.17) is 5.73 Å². The second-order valence-corrected chi connectivity index (χ2v) is 6.21. The maximum absolute atomic E-state index is 13.7. The average molecular weight is 283 g/mol. The van der Waals surface area contributed by atoms with Crippen LogP contribution in [0.1, 0.15) is 48.3 Å². The van der Waals surface area contributed by atoms with Crippen LogP contribution in [-0.4, -0.2) is 0 Å². The lowest BCUT2D eigenvalue weighted by atomic mass is 9.66. The van der Waals surface area contributed by atoms with Gasteiger partial charge in [-0.05, 0) is 48.6 Å². The van der Waals surface area contributed by atoms with E-state index in [1.807, 2.05) is 19.1 Å². The molecular weight excluding hydrogens is 261 g/mol. The van der Waals surface area contributed by atoms with Gasteiger partial charge in [-0.2, -0.15) is 0 Å². The van der Waals surface area contributed by atoms with Gasteiger partial charge in [0.25, 0.3) is 0 Å². The van der Waals surface area contributed by atoms with E-state index in [2.05, 4.69) is 24.3 Å². The van der Waals surface area contributed by atoms with Gasteiger partial charge in [-0.25, -0.2) is 4.39 Å². The van der Waals surface area contributed by atoms with Crippen LogP contribution in [0.2, 0.25) is 0 Å². The van der Waals surface area contributed by atoms with Gasteiger partial charge in [-0.3, -0.25) is 0 Å². The Kier molecular flexibility index (Phi) is 3.81. The highest BCUT2D eigenvalue weighted by Crippen LogP contribution is 2.46. The Labute approximate surface area is 126 Å². The number of hydrogen-bond acceptors (Lipinski definition) is 1. The minimum atomic E-state index is -0.466. The molecule has 1 aliphatic rings. The number of benzene rings is 2. The van der Waals surface area contributed by atoms with Crippen LogP contribution in [0.4, 0.5) is 4.39 Å². The van der Waals surface area contributed by atoms with Crippen LogP contribution < -0.4 is 5.73 Å². The molecule has 1 aliphatic carbocycles. The first-order valence-electron chi connectivity index (χ1n) is 7.72. The molecular formula is C19H22FN. The highest BCUT2D eigenvalue weighted by Gasteiger charge is 2.40. The van der Waals surface area contributed by atoms with E-state index in [-0.39, 0.29) is 11.7 Å². The number of aryl methyl sites for hydroxylation is 1. The summed E-state index contributed by atoms with van der Waals surface area (Å²) in [5, 5.41) is 0. The molecule has 1 nitrogen and oxygen atoms in total. The van der Waals surface area contributed by atoms with Gasteiger partial charge in [0.15, 0.2) is 0 Å².